The first-order valence-electron chi connectivity index (χ1n) is 9.12. The van der Waals surface area contributed by atoms with E-state index in [1.165, 1.54) is 51.4 Å². The summed E-state index contributed by atoms with van der Waals surface area (Å²) in [6.07, 6.45) is 10.4. The van der Waals surface area contributed by atoms with Gasteiger partial charge in [-0.25, -0.2) is 0 Å². The predicted molar refractivity (Wildman–Crippen MR) is 83.8 cm³/mol. The lowest BCUT2D eigenvalue weighted by Gasteiger charge is -2.57. The molecule has 0 spiro atoms. The van der Waals surface area contributed by atoms with E-state index >= 15 is 0 Å². The average Bonchev–Trinajstić information content (AvgIpc) is 2.46. The first-order valence-corrected chi connectivity index (χ1v) is 9.12. The van der Waals surface area contributed by atoms with Crippen LogP contribution in [0.1, 0.15) is 51.4 Å². The summed E-state index contributed by atoms with van der Waals surface area (Å²) in [5, 5.41) is 3.29. The number of carbonyl (C=O) groups excluding carboxylic acids is 1. The van der Waals surface area contributed by atoms with Crippen LogP contribution in [-0.2, 0) is 4.79 Å². The quantitative estimate of drug-likeness (QED) is 0.866. The molecular formula is C18H30N2O. The second-order valence-corrected chi connectivity index (χ2v) is 8.51. The first kappa shape index (κ1) is 14.0. The minimum atomic E-state index is 0.0658. The van der Waals surface area contributed by atoms with Gasteiger partial charge in [0, 0.05) is 13.1 Å². The van der Waals surface area contributed by atoms with Gasteiger partial charge in [0.05, 0.1) is 5.41 Å². The summed E-state index contributed by atoms with van der Waals surface area (Å²) in [6.45, 7) is 3.08. The molecule has 5 fully saturated rings. The summed E-state index contributed by atoms with van der Waals surface area (Å²) in [7, 11) is 2.03. The van der Waals surface area contributed by atoms with Gasteiger partial charge >= 0.3 is 0 Å². The van der Waals surface area contributed by atoms with E-state index in [2.05, 4.69) is 10.2 Å². The highest BCUT2D eigenvalue weighted by Crippen LogP contribution is 2.60. The van der Waals surface area contributed by atoms with Crippen molar-refractivity contribution >= 4 is 5.91 Å². The first-order chi connectivity index (χ1) is 10.2. The molecule has 118 valence electrons. The Balaban J connectivity index is 1.49. The summed E-state index contributed by atoms with van der Waals surface area (Å²) in [5.41, 5.74) is 0.0658. The van der Waals surface area contributed by atoms with Crippen LogP contribution in [0.3, 0.4) is 0 Å². The average molecular weight is 290 g/mol. The zero-order valence-electron chi connectivity index (χ0n) is 13.4. The van der Waals surface area contributed by atoms with Gasteiger partial charge in [-0.1, -0.05) is 0 Å². The molecule has 5 rings (SSSR count). The Morgan fingerprint density at radius 2 is 1.76 bits per heavy atom. The monoisotopic (exact) mass is 290 g/mol. The van der Waals surface area contributed by atoms with Crippen molar-refractivity contribution in [1.29, 1.82) is 0 Å². The number of likely N-dealkylation sites (tertiary alicyclic amines) is 1. The summed E-state index contributed by atoms with van der Waals surface area (Å²) in [6, 6.07) is 0. The van der Waals surface area contributed by atoms with Gasteiger partial charge < -0.3 is 10.2 Å². The van der Waals surface area contributed by atoms with Gasteiger partial charge in [0.25, 0.3) is 0 Å². The van der Waals surface area contributed by atoms with Gasteiger partial charge in [-0.05, 0) is 88.6 Å². The zero-order valence-corrected chi connectivity index (χ0v) is 13.4. The van der Waals surface area contributed by atoms with Crippen LogP contribution in [-0.4, -0.2) is 37.5 Å². The van der Waals surface area contributed by atoms with Crippen LogP contribution in [0, 0.1) is 29.1 Å². The zero-order chi connectivity index (χ0) is 14.4. The third-order valence-corrected chi connectivity index (χ3v) is 6.79. The lowest BCUT2D eigenvalue weighted by molar-refractivity contribution is -0.159. The van der Waals surface area contributed by atoms with Crippen LogP contribution in [0.25, 0.3) is 0 Å². The maximum absolute atomic E-state index is 13.3. The van der Waals surface area contributed by atoms with E-state index in [1.54, 1.807) is 0 Å². The number of hydrogen-bond acceptors (Lipinski definition) is 2. The Morgan fingerprint density at radius 1 is 1.14 bits per heavy atom. The van der Waals surface area contributed by atoms with Crippen LogP contribution in [0.2, 0.25) is 0 Å². The topological polar surface area (TPSA) is 32.3 Å². The summed E-state index contributed by atoms with van der Waals surface area (Å²) >= 11 is 0. The third-order valence-electron chi connectivity index (χ3n) is 6.79. The maximum atomic E-state index is 13.3. The Bertz CT molecular complexity index is 382. The lowest BCUT2D eigenvalue weighted by atomic mass is 9.49. The molecule has 21 heavy (non-hydrogen) atoms. The Labute approximate surface area is 128 Å². The molecule has 4 bridgehead atoms. The van der Waals surface area contributed by atoms with E-state index in [4.69, 9.17) is 0 Å². The number of amides is 1. The molecule has 4 saturated carbocycles. The van der Waals surface area contributed by atoms with Crippen molar-refractivity contribution in [2.75, 3.05) is 26.7 Å². The van der Waals surface area contributed by atoms with Crippen LogP contribution in [0.5, 0.6) is 0 Å². The van der Waals surface area contributed by atoms with Crippen molar-refractivity contribution < 1.29 is 4.79 Å². The van der Waals surface area contributed by atoms with Crippen LogP contribution >= 0.6 is 0 Å². The smallest absolute Gasteiger partial charge is 0.228 e. The number of nitrogens with zero attached hydrogens (tertiary/aromatic N) is 1. The van der Waals surface area contributed by atoms with E-state index in [-0.39, 0.29) is 5.41 Å². The Kier molecular flexibility index (Phi) is 3.52. The number of rotatable bonds is 3. The SMILES string of the molecule is CNCC1CCCN(C(=O)C23CC4CC(CC(C4)C2)C3)C1. The van der Waals surface area contributed by atoms with Gasteiger partial charge in [0.2, 0.25) is 5.91 Å². The standard InChI is InChI=1S/C18H30N2O/c1-19-11-13-3-2-4-20(12-13)17(21)18-8-14-5-15(9-18)7-16(6-14)10-18/h13-16,19H,2-12H2,1H3. The third kappa shape index (κ3) is 2.42. The van der Waals surface area contributed by atoms with Gasteiger partial charge in [-0.15, -0.1) is 0 Å². The van der Waals surface area contributed by atoms with Crippen LogP contribution in [0.4, 0.5) is 0 Å². The van der Waals surface area contributed by atoms with Gasteiger partial charge in [0.1, 0.15) is 0 Å². The molecule has 1 N–H and O–H groups in total. The normalized spacial score (nSPS) is 45.1. The number of piperidine rings is 1. The molecule has 1 amide bonds. The van der Waals surface area contributed by atoms with Crippen molar-refractivity contribution in [1.82, 2.24) is 10.2 Å². The molecule has 5 aliphatic rings. The fourth-order valence-electron chi connectivity index (χ4n) is 6.41. The van der Waals surface area contributed by atoms with Gasteiger partial charge in [-0.2, -0.15) is 0 Å². The number of carbonyl (C=O) groups is 1. The van der Waals surface area contributed by atoms with Gasteiger partial charge in [0.15, 0.2) is 0 Å². The van der Waals surface area contributed by atoms with E-state index < -0.39 is 0 Å². The van der Waals surface area contributed by atoms with E-state index in [9.17, 15) is 4.79 Å². The molecule has 0 aromatic rings. The van der Waals surface area contributed by atoms with Crippen molar-refractivity contribution in [2.45, 2.75) is 51.4 Å². The van der Waals surface area contributed by atoms with Crippen molar-refractivity contribution in [3.05, 3.63) is 0 Å². The summed E-state index contributed by atoms with van der Waals surface area (Å²) in [4.78, 5) is 15.6. The highest BCUT2D eigenvalue weighted by atomic mass is 16.2. The molecule has 1 unspecified atom stereocenters. The largest absolute Gasteiger partial charge is 0.342 e. The lowest BCUT2D eigenvalue weighted by Crippen LogP contribution is -2.56. The Morgan fingerprint density at radius 3 is 2.33 bits per heavy atom. The van der Waals surface area contributed by atoms with E-state index in [1.807, 2.05) is 7.05 Å². The van der Waals surface area contributed by atoms with Crippen molar-refractivity contribution in [3.8, 4) is 0 Å². The fourth-order valence-corrected chi connectivity index (χ4v) is 6.41. The maximum Gasteiger partial charge on any atom is 0.228 e. The number of nitrogens with one attached hydrogen (secondary N) is 1. The van der Waals surface area contributed by atoms with Crippen molar-refractivity contribution in [2.24, 2.45) is 29.1 Å². The molecule has 3 nitrogen and oxygen atoms in total. The summed E-state index contributed by atoms with van der Waals surface area (Å²) < 4.78 is 0. The molecule has 1 saturated heterocycles. The molecule has 0 radical (unpaired) electrons. The molecule has 4 aliphatic carbocycles. The second-order valence-electron chi connectivity index (χ2n) is 8.51. The molecule has 1 aliphatic heterocycles. The van der Waals surface area contributed by atoms with E-state index in [0.29, 0.717) is 11.8 Å². The van der Waals surface area contributed by atoms with E-state index in [0.717, 1.165) is 37.4 Å². The highest BCUT2D eigenvalue weighted by molar-refractivity contribution is 5.83. The van der Waals surface area contributed by atoms with Crippen LogP contribution in [0.15, 0.2) is 0 Å². The molecule has 0 aromatic heterocycles. The van der Waals surface area contributed by atoms with Crippen molar-refractivity contribution in [3.63, 3.8) is 0 Å². The fraction of sp³-hybridized carbons (Fsp3) is 0.944. The number of hydrogen-bond donors (Lipinski definition) is 1. The highest BCUT2D eigenvalue weighted by Gasteiger charge is 2.55. The van der Waals surface area contributed by atoms with Gasteiger partial charge in [-0.3, -0.25) is 4.79 Å². The molecule has 0 aromatic carbocycles. The van der Waals surface area contributed by atoms with Crippen LogP contribution < -0.4 is 5.32 Å². The second kappa shape index (κ2) is 5.26. The molecule has 3 heteroatoms. The Hall–Kier alpha value is -0.570. The molecular weight excluding hydrogens is 260 g/mol. The predicted octanol–water partition coefficient (Wildman–Crippen LogP) is 2.66. The molecule has 1 heterocycles. The minimum absolute atomic E-state index is 0.0658. The molecule has 1 atom stereocenters. The summed E-state index contributed by atoms with van der Waals surface area (Å²) in [5.74, 6) is 3.83. The minimum Gasteiger partial charge on any atom is -0.342 e.